The highest BCUT2D eigenvalue weighted by molar-refractivity contribution is 6.12. The van der Waals surface area contributed by atoms with Crippen molar-refractivity contribution in [2.45, 2.75) is 30.1 Å². The molecular formula is C51H34O. The first-order valence-electron chi connectivity index (χ1n) is 18.7. The molecule has 6 aliphatic carbocycles. The topological polar surface area (TPSA) is 17.1 Å². The third-order valence-corrected chi connectivity index (χ3v) is 13.2. The Balaban J connectivity index is 1.04. The zero-order valence-corrected chi connectivity index (χ0v) is 28.7. The van der Waals surface area contributed by atoms with Crippen LogP contribution in [0.15, 0.2) is 186 Å². The van der Waals surface area contributed by atoms with Gasteiger partial charge in [-0.1, -0.05) is 157 Å². The average Bonchev–Trinajstić information content (AvgIpc) is 3.89. The van der Waals surface area contributed by atoms with Crippen molar-refractivity contribution in [1.29, 1.82) is 0 Å². The highest BCUT2D eigenvalue weighted by atomic mass is 16.1. The van der Waals surface area contributed by atoms with Gasteiger partial charge in [-0.3, -0.25) is 4.79 Å². The number of carbonyl (C=O) groups is 1. The predicted molar refractivity (Wildman–Crippen MR) is 209 cm³/mol. The molecule has 52 heavy (non-hydrogen) atoms. The minimum absolute atomic E-state index is 0.106. The summed E-state index contributed by atoms with van der Waals surface area (Å²) in [5.74, 6) is 0.412. The molecule has 1 heteroatoms. The summed E-state index contributed by atoms with van der Waals surface area (Å²) in [4.78, 5) is 15.0. The molecule has 0 saturated heterocycles. The average molecular weight is 663 g/mol. The lowest BCUT2D eigenvalue weighted by molar-refractivity contribution is 0.103. The Morgan fingerprint density at radius 3 is 1.56 bits per heavy atom. The highest BCUT2D eigenvalue weighted by Crippen LogP contribution is 2.66. The summed E-state index contributed by atoms with van der Waals surface area (Å²) in [6.07, 6.45) is 12.3. The van der Waals surface area contributed by atoms with Gasteiger partial charge in [0.25, 0.3) is 0 Å². The van der Waals surface area contributed by atoms with E-state index in [0.29, 0.717) is 5.92 Å². The first-order valence-corrected chi connectivity index (χ1v) is 18.7. The summed E-state index contributed by atoms with van der Waals surface area (Å²) in [5.41, 5.74) is 20.5. The van der Waals surface area contributed by atoms with Gasteiger partial charge in [0, 0.05) is 17.1 Å². The van der Waals surface area contributed by atoms with Crippen LogP contribution in [0.5, 0.6) is 0 Å². The number of rotatable bonds is 2. The van der Waals surface area contributed by atoms with Crippen LogP contribution in [0.2, 0.25) is 0 Å². The molecule has 6 aromatic rings. The van der Waals surface area contributed by atoms with E-state index in [4.69, 9.17) is 0 Å². The van der Waals surface area contributed by atoms with E-state index in [1.54, 1.807) is 5.57 Å². The lowest BCUT2D eigenvalue weighted by Gasteiger charge is -2.35. The van der Waals surface area contributed by atoms with Gasteiger partial charge < -0.3 is 0 Å². The van der Waals surface area contributed by atoms with Gasteiger partial charge >= 0.3 is 0 Å². The molecule has 0 N–H and O–H groups in total. The molecule has 1 nitrogen and oxygen atoms in total. The lowest BCUT2D eigenvalue weighted by atomic mass is 9.66. The number of benzene rings is 6. The van der Waals surface area contributed by atoms with E-state index in [-0.39, 0.29) is 11.2 Å². The zero-order valence-electron chi connectivity index (χ0n) is 28.7. The predicted octanol–water partition coefficient (Wildman–Crippen LogP) is 11.7. The lowest BCUT2D eigenvalue weighted by Crippen LogP contribution is -2.29. The molecule has 0 fully saturated rings. The van der Waals surface area contributed by atoms with Crippen LogP contribution >= 0.6 is 0 Å². The number of hydrogen-bond donors (Lipinski definition) is 0. The van der Waals surface area contributed by atoms with Crippen LogP contribution in [0.3, 0.4) is 0 Å². The number of Topliss-reactive ketones (excluding diaryl/α,β-unsaturated/α-hetero) is 1. The summed E-state index contributed by atoms with van der Waals surface area (Å²) in [6, 6.07) is 51.0. The molecule has 244 valence electrons. The van der Waals surface area contributed by atoms with Gasteiger partial charge in [0.05, 0.1) is 10.8 Å². The van der Waals surface area contributed by atoms with Gasteiger partial charge in [0.15, 0.2) is 5.78 Å². The fourth-order valence-corrected chi connectivity index (χ4v) is 11.4. The van der Waals surface area contributed by atoms with Crippen molar-refractivity contribution < 1.29 is 4.79 Å². The third kappa shape index (κ3) is 3.25. The molecule has 0 amide bonds. The second-order valence-corrected chi connectivity index (χ2v) is 15.2. The number of ketones is 1. The molecule has 0 aromatic heterocycles. The molecule has 6 aromatic carbocycles. The van der Waals surface area contributed by atoms with Crippen molar-refractivity contribution in [1.82, 2.24) is 0 Å². The van der Waals surface area contributed by atoms with Gasteiger partial charge in [0.2, 0.25) is 0 Å². The summed E-state index contributed by atoms with van der Waals surface area (Å²) in [7, 11) is 0. The maximum Gasteiger partial charge on any atom is 0.192 e. The van der Waals surface area contributed by atoms with Crippen molar-refractivity contribution in [2.75, 3.05) is 0 Å². The summed E-state index contributed by atoms with van der Waals surface area (Å²) in [5, 5.41) is 0. The van der Waals surface area contributed by atoms with Crippen molar-refractivity contribution in [3.8, 4) is 33.4 Å². The van der Waals surface area contributed by atoms with Crippen LogP contribution in [0.4, 0.5) is 0 Å². The van der Waals surface area contributed by atoms with Crippen LogP contribution < -0.4 is 0 Å². The molecule has 0 radical (unpaired) electrons. The van der Waals surface area contributed by atoms with Crippen molar-refractivity contribution in [3.63, 3.8) is 0 Å². The molecule has 6 aliphatic rings. The second kappa shape index (κ2) is 10.0. The number of carbonyl (C=O) groups excluding carboxylic acids is 1. The van der Waals surface area contributed by atoms with E-state index >= 15 is 4.79 Å². The second-order valence-electron chi connectivity index (χ2n) is 15.2. The fraction of sp³-hybridized carbons (Fsp3) is 0.118. The van der Waals surface area contributed by atoms with E-state index in [2.05, 4.69) is 164 Å². The number of fused-ring (bicyclic) bond motifs is 19. The molecule has 0 aliphatic heterocycles. The quantitative estimate of drug-likeness (QED) is 0.168. The zero-order chi connectivity index (χ0) is 34.2. The monoisotopic (exact) mass is 662 g/mol. The molecule has 1 unspecified atom stereocenters. The van der Waals surface area contributed by atoms with E-state index in [1.807, 2.05) is 0 Å². The molecule has 0 heterocycles. The molecule has 1 atom stereocenters. The molecule has 2 spiro atoms. The van der Waals surface area contributed by atoms with Crippen LogP contribution in [0, 0.1) is 5.92 Å². The van der Waals surface area contributed by atoms with E-state index in [0.717, 1.165) is 30.4 Å². The minimum Gasteiger partial charge on any atom is -0.289 e. The first kappa shape index (κ1) is 28.6. The largest absolute Gasteiger partial charge is 0.289 e. The normalized spacial score (nSPS) is 19.6. The van der Waals surface area contributed by atoms with E-state index in [9.17, 15) is 0 Å². The Hall–Kier alpha value is -6.05. The van der Waals surface area contributed by atoms with Gasteiger partial charge in [-0.05, 0) is 109 Å². The molecule has 0 saturated carbocycles. The minimum atomic E-state index is -0.470. The van der Waals surface area contributed by atoms with Gasteiger partial charge in [-0.15, -0.1) is 0 Å². The molecular weight excluding hydrogens is 629 g/mol. The maximum absolute atomic E-state index is 15.0. The van der Waals surface area contributed by atoms with Crippen molar-refractivity contribution in [2.24, 2.45) is 5.92 Å². The van der Waals surface area contributed by atoms with Gasteiger partial charge in [0.1, 0.15) is 0 Å². The van der Waals surface area contributed by atoms with Crippen LogP contribution in [0.25, 0.3) is 33.4 Å². The number of hydrogen-bond acceptors (Lipinski definition) is 1. The van der Waals surface area contributed by atoms with Crippen LogP contribution in [0.1, 0.15) is 63.0 Å². The highest BCUT2D eigenvalue weighted by Gasteiger charge is 2.56. The Morgan fingerprint density at radius 2 is 1.02 bits per heavy atom. The SMILES string of the molecule is O=C(C1=CCC2C(=C1)C1(C3=C2CCC=C3)c2ccccc2-c2ccccc21)c1ccc2c(c1)C1(c3ccccc3-c3ccccc31)c1ccccc1-2. The summed E-state index contributed by atoms with van der Waals surface area (Å²) >= 11 is 0. The Kier molecular flexibility index (Phi) is 5.53. The van der Waals surface area contributed by atoms with Crippen molar-refractivity contribution in [3.05, 3.63) is 225 Å². The standard InChI is InChI=1S/C51H34O/c52-49(31-25-27-39-37-17-5-11-23-45(37)50(47(39)29-31)41-19-7-1-13-33(41)34-14-2-8-20-42(34)50)32-26-28-40-38-18-6-12-24-46(38)51(48(40)30-32)43-21-9-3-15-35(43)36-16-4-10-22-44(36)51/h1-5,7-17,19-27,29-30,40H,6,18,28H2. The summed E-state index contributed by atoms with van der Waals surface area (Å²) < 4.78 is 0. The maximum atomic E-state index is 15.0. The molecule has 0 bridgehead atoms. The van der Waals surface area contributed by atoms with Gasteiger partial charge in [-0.2, -0.15) is 0 Å². The van der Waals surface area contributed by atoms with Crippen molar-refractivity contribution >= 4 is 5.78 Å². The van der Waals surface area contributed by atoms with Crippen LogP contribution in [-0.4, -0.2) is 5.78 Å². The fourth-order valence-electron chi connectivity index (χ4n) is 11.4. The smallest absolute Gasteiger partial charge is 0.192 e. The van der Waals surface area contributed by atoms with E-state index < -0.39 is 5.41 Å². The molecule has 12 rings (SSSR count). The van der Waals surface area contributed by atoms with Gasteiger partial charge in [-0.25, -0.2) is 0 Å². The van der Waals surface area contributed by atoms with Crippen LogP contribution in [-0.2, 0) is 10.8 Å². The Morgan fingerprint density at radius 1 is 0.538 bits per heavy atom. The first-order chi connectivity index (χ1) is 25.7. The Bertz CT molecular complexity index is 2640. The Labute approximate surface area is 304 Å². The third-order valence-electron chi connectivity index (χ3n) is 13.2. The van der Waals surface area contributed by atoms with E-state index in [1.165, 1.54) is 77.9 Å². The number of allylic oxidation sites excluding steroid dienone is 8. The summed E-state index contributed by atoms with van der Waals surface area (Å²) in [6.45, 7) is 0.